The van der Waals surface area contributed by atoms with Crippen molar-refractivity contribution in [2.45, 2.75) is 20.0 Å². The van der Waals surface area contributed by atoms with Crippen LogP contribution in [0.2, 0.25) is 0 Å². The minimum atomic E-state index is 0.108. The first-order valence-corrected chi connectivity index (χ1v) is 8.19. The van der Waals surface area contributed by atoms with Gasteiger partial charge in [-0.25, -0.2) is 0 Å². The van der Waals surface area contributed by atoms with E-state index >= 15 is 0 Å². The first kappa shape index (κ1) is 14.7. The lowest BCUT2D eigenvalue weighted by Gasteiger charge is -2.11. The maximum atomic E-state index is 12.0. The maximum Gasteiger partial charge on any atom is 0.228 e. The van der Waals surface area contributed by atoms with E-state index in [2.05, 4.69) is 17.4 Å². The number of para-hydroxylation sites is 1. The average molecular weight is 285 g/mol. The number of carbonyl (C=O) groups is 1. The minimum Gasteiger partial charge on any atom is -0.325 e. The molecule has 0 radical (unpaired) electrons. The molecule has 0 saturated heterocycles. The van der Waals surface area contributed by atoms with Gasteiger partial charge >= 0.3 is 0 Å². The second kappa shape index (κ2) is 7.21. The summed E-state index contributed by atoms with van der Waals surface area (Å²) in [7, 11) is 0.623. The summed E-state index contributed by atoms with van der Waals surface area (Å²) in [6.45, 7) is 4.05. The number of anilines is 1. The maximum absolute atomic E-state index is 12.0. The Kier molecular flexibility index (Phi) is 5.31. The summed E-state index contributed by atoms with van der Waals surface area (Å²) < 4.78 is 0. The van der Waals surface area contributed by atoms with E-state index in [9.17, 15) is 4.79 Å². The molecule has 20 heavy (non-hydrogen) atoms. The molecule has 1 amide bonds. The van der Waals surface area contributed by atoms with Gasteiger partial charge in [0.1, 0.15) is 0 Å². The van der Waals surface area contributed by atoms with Crippen LogP contribution in [-0.4, -0.2) is 12.1 Å². The van der Waals surface area contributed by atoms with Crippen LogP contribution in [0.15, 0.2) is 48.5 Å². The topological polar surface area (TPSA) is 29.1 Å². The second-order valence-electron chi connectivity index (χ2n) is 4.90. The zero-order valence-corrected chi connectivity index (χ0v) is 12.9. The Hall–Kier alpha value is -1.66. The van der Waals surface area contributed by atoms with Gasteiger partial charge in [-0.15, -0.1) is 8.58 Å². The van der Waals surface area contributed by atoms with Gasteiger partial charge in [-0.05, 0) is 36.7 Å². The fraction of sp³-hybridized carbons (Fsp3) is 0.235. The van der Waals surface area contributed by atoms with Crippen LogP contribution in [0.3, 0.4) is 0 Å². The lowest BCUT2D eigenvalue weighted by atomic mass is 10.1. The molecule has 0 aliphatic carbocycles. The molecule has 0 aliphatic rings. The smallest absolute Gasteiger partial charge is 0.228 e. The predicted octanol–water partition coefficient (Wildman–Crippen LogP) is 4.12. The van der Waals surface area contributed by atoms with Crippen LogP contribution in [0, 0.1) is 13.8 Å². The van der Waals surface area contributed by atoms with Crippen molar-refractivity contribution >= 4 is 20.2 Å². The van der Waals surface area contributed by atoms with Crippen molar-refractivity contribution in [1.29, 1.82) is 0 Å². The number of hydrogen-bond acceptors (Lipinski definition) is 1. The summed E-state index contributed by atoms with van der Waals surface area (Å²) in [4.78, 5) is 12.0. The van der Waals surface area contributed by atoms with Crippen molar-refractivity contribution in [3.05, 3.63) is 65.2 Å². The van der Waals surface area contributed by atoms with Crippen LogP contribution in [0.5, 0.6) is 0 Å². The van der Waals surface area contributed by atoms with Crippen molar-refractivity contribution in [2.24, 2.45) is 0 Å². The molecule has 0 aromatic heterocycles. The zero-order valence-electron chi connectivity index (χ0n) is 11.9. The molecule has 1 unspecified atom stereocenters. The lowest BCUT2D eigenvalue weighted by Crippen LogP contribution is -2.15. The van der Waals surface area contributed by atoms with Gasteiger partial charge in [-0.1, -0.05) is 48.5 Å². The molecule has 104 valence electrons. The van der Waals surface area contributed by atoms with E-state index < -0.39 is 0 Å². The summed E-state index contributed by atoms with van der Waals surface area (Å²) >= 11 is 0. The Balaban J connectivity index is 1.84. The monoisotopic (exact) mass is 285 g/mol. The van der Waals surface area contributed by atoms with Gasteiger partial charge in [0.05, 0.1) is 0 Å². The number of hydrogen-bond donors (Lipinski definition) is 1. The van der Waals surface area contributed by atoms with Crippen molar-refractivity contribution in [2.75, 3.05) is 11.5 Å². The second-order valence-corrected chi connectivity index (χ2v) is 6.11. The molecule has 2 aromatic carbocycles. The van der Waals surface area contributed by atoms with Gasteiger partial charge < -0.3 is 5.32 Å². The largest absolute Gasteiger partial charge is 0.325 e. The molecule has 0 spiro atoms. The predicted molar refractivity (Wildman–Crippen MR) is 87.9 cm³/mol. The normalized spacial score (nSPS) is 10.9. The Morgan fingerprint density at radius 1 is 1.00 bits per heavy atom. The van der Waals surface area contributed by atoms with Crippen LogP contribution in [0.4, 0.5) is 5.69 Å². The summed E-state index contributed by atoms with van der Waals surface area (Å²) in [6.07, 6.45) is 1.56. The van der Waals surface area contributed by atoms with Gasteiger partial charge in [0, 0.05) is 11.8 Å². The van der Waals surface area contributed by atoms with Crippen LogP contribution < -0.4 is 5.32 Å². The Morgan fingerprint density at radius 2 is 1.65 bits per heavy atom. The average Bonchev–Trinajstić information content (AvgIpc) is 2.44. The van der Waals surface area contributed by atoms with Gasteiger partial charge in [0.2, 0.25) is 5.91 Å². The van der Waals surface area contributed by atoms with Crippen molar-refractivity contribution in [3.8, 4) is 0 Å². The van der Waals surface area contributed by atoms with E-state index in [0.717, 1.165) is 23.0 Å². The lowest BCUT2D eigenvalue weighted by molar-refractivity contribution is -0.113. The molecule has 0 aliphatic heterocycles. The number of benzene rings is 2. The number of amides is 1. The molecular weight excluding hydrogens is 265 g/mol. The van der Waals surface area contributed by atoms with E-state index in [-0.39, 0.29) is 5.91 Å². The van der Waals surface area contributed by atoms with Crippen LogP contribution >= 0.6 is 8.58 Å². The first-order chi connectivity index (χ1) is 9.66. The molecule has 0 saturated carbocycles. The SMILES string of the molecule is Cc1cccc(C)c1NC(=O)CPCc1ccccc1. The van der Waals surface area contributed by atoms with E-state index in [1.807, 2.05) is 50.2 Å². The van der Waals surface area contributed by atoms with Crippen LogP contribution in [-0.2, 0) is 11.0 Å². The minimum absolute atomic E-state index is 0.108. The van der Waals surface area contributed by atoms with Crippen LogP contribution in [0.1, 0.15) is 16.7 Å². The number of rotatable bonds is 5. The van der Waals surface area contributed by atoms with Gasteiger partial charge in [0.25, 0.3) is 0 Å². The Morgan fingerprint density at radius 3 is 2.30 bits per heavy atom. The molecular formula is C17H20NOP. The van der Waals surface area contributed by atoms with Crippen molar-refractivity contribution < 1.29 is 4.79 Å². The quantitative estimate of drug-likeness (QED) is 0.823. The van der Waals surface area contributed by atoms with Crippen molar-refractivity contribution in [3.63, 3.8) is 0 Å². The highest BCUT2D eigenvalue weighted by Gasteiger charge is 2.06. The number of aryl methyl sites for hydroxylation is 2. The highest BCUT2D eigenvalue weighted by molar-refractivity contribution is 7.38. The molecule has 3 heteroatoms. The molecule has 1 N–H and O–H groups in total. The first-order valence-electron chi connectivity index (χ1n) is 6.77. The van der Waals surface area contributed by atoms with E-state index in [0.29, 0.717) is 14.7 Å². The summed E-state index contributed by atoms with van der Waals surface area (Å²) in [5.74, 6) is 0.108. The number of carbonyl (C=O) groups excluding carboxylic acids is 1. The summed E-state index contributed by atoms with van der Waals surface area (Å²) in [5, 5.41) is 3.03. The third-order valence-corrected chi connectivity index (χ3v) is 4.43. The fourth-order valence-electron chi connectivity index (χ4n) is 2.11. The third-order valence-electron chi connectivity index (χ3n) is 3.20. The van der Waals surface area contributed by atoms with Gasteiger partial charge in [-0.2, -0.15) is 0 Å². The fourth-order valence-corrected chi connectivity index (χ4v) is 3.08. The summed E-state index contributed by atoms with van der Waals surface area (Å²) in [5.41, 5.74) is 4.49. The third kappa shape index (κ3) is 4.18. The highest BCUT2D eigenvalue weighted by atomic mass is 31.1. The van der Waals surface area contributed by atoms with E-state index in [1.54, 1.807) is 0 Å². The highest BCUT2D eigenvalue weighted by Crippen LogP contribution is 2.22. The molecule has 0 fully saturated rings. The molecule has 2 rings (SSSR count). The van der Waals surface area contributed by atoms with Gasteiger partial charge in [0.15, 0.2) is 0 Å². The molecule has 0 heterocycles. The summed E-state index contributed by atoms with van der Waals surface area (Å²) in [6, 6.07) is 16.4. The van der Waals surface area contributed by atoms with Crippen molar-refractivity contribution in [1.82, 2.24) is 0 Å². The van der Waals surface area contributed by atoms with Gasteiger partial charge in [-0.3, -0.25) is 4.79 Å². The number of nitrogens with one attached hydrogen (secondary N) is 1. The van der Waals surface area contributed by atoms with E-state index in [4.69, 9.17) is 0 Å². The van der Waals surface area contributed by atoms with Crippen LogP contribution in [0.25, 0.3) is 0 Å². The molecule has 2 nitrogen and oxygen atoms in total. The Bertz CT molecular complexity index is 561. The Labute approximate surface area is 122 Å². The standard InChI is InChI=1S/C17H20NOP/c1-13-7-6-8-14(2)17(13)18-16(19)12-20-11-15-9-4-3-5-10-15/h3-10,20H,11-12H2,1-2H3,(H,18,19). The molecule has 1 atom stereocenters. The molecule has 2 aromatic rings. The zero-order chi connectivity index (χ0) is 14.4. The molecule has 0 bridgehead atoms. The van der Waals surface area contributed by atoms with E-state index in [1.165, 1.54) is 5.56 Å².